The first kappa shape index (κ1) is 9.51. The fraction of sp³-hybridized carbons (Fsp3) is 0.333. The zero-order valence-corrected chi connectivity index (χ0v) is 7.54. The van der Waals surface area contributed by atoms with Crippen LogP contribution in [-0.2, 0) is 6.42 Å². The Labute approximate surface area is 76.8 Å². The average molecular weight is 182 g/mol. The molecule has 1 rings (SSSR count). The molecule has 1 aromatic rings. The standard InChI is InChI=1S/C9H14N2O2/c1-2-3-5-8(12)6(10)4-7(11)9(5)13/h4,12-13H,2-3,10-11H2,1H3. The lowest BCUT2D eigenvalue weighted by Gasteiger charge is -2.10. The van der Waals surface area contributed by atoms with Crippen molar-refractivity contribution in [2.24, 2.45) is 0 Å². The van der Waals surface area contributed by atoms with Crippen molar-refractivity contribution in [3.63, 3.8) is 0 Å². The summed E-state index contributed by atoms with van der Waals surface area (Å²) in [6.45, 7) is 1.94. The Kier molecular flexibility index (Phi) is 2.51. The van der Waals surface area contributed by atoms with Crippen molar-refractivity contribution in [3.8, 4) is 11.5 Å². The molecule has 13 heavy (non-hydrogen) atoms. The Hall–Kier alpha value is -1.58. The molecule has 0 radical (unpaired) electrons. The van der Waals surface area contributed by atoms with Gasteiger partial charge in [-0.15, -0.1) is 0 Å². The summed E-state index contributed by atoms with van der Waals surface area (Å²) in [5.41, 5.74) is 11.8. The highest BCUT2D eigenvalue weighted by atomic mass is 16.3. The van der Waals surface area contributed by atoms with Crippen LogP contribution in [0, 0.1) is 0 Å². The molecular formula is C9H14N2O2. The number of aromatic hydroxyl groups is 2. The largest absolute Gasteiger partial charge is 0.505 e. The number of anilines is 2. The first-order valence-electron chi connectivity index (χ1n) is 4.16. The van der Waals surface area contributed by atoms with Crippen LogP contribution in [0.1, 0.15) is 18.9 Å². The maximum absolute atomic E-state index is 9.49. The Morgan fingerprint density at radius 1 is 1.15 bits per heavy atom. The van der Waals surface area contributed by atoms with E-state index in [-0.39, 0.29) is 22.9 Å². The van der Waals surface area contributed by atoms with Gasteiger partial charge in [0.1, 0.15) is 11.5 Å². The van der Waals surface area contributed by atoms with Crippen LogP contribution >= 0.6 is 0 Å². The predicted molar refractivity (Wildman–Crippen MR) is 52.6 cm³/mol. The van der Waals surface area contributed by atoms with Gasteiger partial charge in [-0.3, -0.25) is 0 Å². The molecule has 0 amide bonds. The Balaban J connectivity index is 3.28. The molecule has 72 valence electrons. The predicted octanol–water partition coefficient (Wildman–Crippen LogP) is 1.21. The molecule has 0 aromatic heterocycles. The highest BCUT2D eigenvalue weighted by Crippen LogP contribution is 2.37. The Morgan fingerprint density at radius 2 is 1.62 bits per heavy atom. The van der Waals surface area contributed by atoms with Gasteiger partial charge in [0.05, 0.1) is 11.4 Å². The molecule has 0 heterocycles. The van der Waals surface area contributed by atoms with Crippen molar-refractivity contribution in [3.05, 3.63) is 11.6 Å². The van der Waals surface area contributed by atoms with Crippen LogP contribution in [0.3, 0.4) is 0 Å². The monoisotopic (exact) mass is 182 g/mol. The quantitative estimate of drug-likeness (QED) is 0.314. The van der Waals surface area contributed by atoms with E-state index in [2.05, 4.69) is 0 Å². The lowest BCUT2D eigenvalue weighted by atomic mass is 10.1. The summed E-state index contributed by atoms with van der Waals surface area (Å²) in [7, 11) is 0. The van der Waals surface area contributed by atoms with E-state index < -0.39 is 0 Å². The summed E-state index contributed by atoms with van der Waals surface area (Å²) < 4.78 is 0. The Bertz CT molecular complexity index is 298. The van der Waals surface area contributed by atoms with E-state index >= 15 is 0 Å². The topological polar surface area (TPSA) is 92.5 Å². The summed E-state index contributed by atoms with van der Waals surface area (Å²) in [4.78, 5) is 0. The maximum atomic E-state index is 9.49. The van der Waals surface area contributed by atoms with E-state index in [0.29, 0.717) is 12.0 Å². The van der Waals surface area contributed by atoms with Gasteiger partial charge < -0.3 is 21.7 Å². The molecule has 0 spiro atoms. The highest BCUT2D eigenvalue weighted by molar-refractivity contribution is 5.71. The first-order chi connectivity index (χ1) is 6.07. The van der Waals surface area contributed by atoms with Gasteiger partial charge in [0.25, 0.3) is 0 Å². The van der Waals surface area contributed by atoms with Gasteiger partial charge in [-0.1, -0.05) is 13.3 Å². The van der Waals surface area contributed by atoms with E-state index in [4.69, 9.17) is 11.5 Å². The fourth-order valence-electron chi connectivity index (χ4n) is 1.25. The third-order valence-electron chi connectivity index (χ3n) is 1.93. The second-order valence-electron chi connectivity index (χ2n) is 2.98. The third-order valence-corrected chi connectivity index (χ3v) is 1.93. The second kappa shape index (κ2) is 3.43. The number of rotatable bonds is 2. The minimum atomic E-state index is -0.0615. The van der Waals surface area contributed by atoms with Crippen molar-refractivity contribution in [1.82, 2.24) is 0 Å². The van der Waals surface area contributed by atoms with Crippen LogP contribution in [-0.4, -0.2) is 10.2 Å². The number of nitrogen functional groups attached to an aromatic ring is 2. The van der Waals surface area contributed by atoms with Gasteiger partial charge in [-0.05, 0) is 12.5 Å². The lowest BCUT2D eigenvalue weighted by molar-refractivity contribution is 0.441. The van der Waals surface area contributed by atoms with Crippen LogP contribution < -0.4 is 11.5 Å². The van der Waals surface area contributed by atoms with Crippen LogP contribution in [0.5, 0.6) is 11.5 Å². The first-order valence-corrected chi connectivity index (χ1v) is 4.16. The summed E-state index contributed by atoms with van der Waals surface area (Å²) >= 11 is 0. The van der Waals surface area contributed by atoms with E-state index in [9.17, 15) is 10.2 Å². The molecule has 0 aliphatic rings. The minimum absolute atomic E-state index is 0.0615. The molecule has 0 aliphatic carbocycles. The van der Waals surface area contributed by atoms with E-state index in [1.807, 2.05) is 6.92 Å². The molecule has 0 fully saturated rings. The van der Waals surface area contributed by atoms with Crippen molar-refractivity contribution >= 4 is 11.4 Å². The second-order valence-corrected chi connectivity index (χ2v) is 2.98. The number of benzene rings is 1. The van der Waals surface area contributed by atoms with Crippen molar-refractivity contribution in [2.45, 2.75) is 19.8 Å². The van der Waals surface area contributed by atoms with Gasteiger partial charge >= 0.3 is 0 Å². The zero-order chi connectivity index (χ0) is 10.0. The van der Waals surface area contributed by atoms with Crippen molar-refractivity contribution in [1.29, 1.82) is 0 Å². The summed E-state index contributed by atoms with van der Waals surface area (Å²) in [6, 6.07) is 1.35. The molecule has 0 bridgehead atoms. The molecule has 0 aliphatic heterocycles. The molecule has 4 nitrogen and oxygen atoms in total. The molecular weight excluding hydrogens is 168 g/mol. The van der Waals surface area contributed by atoms with Crippen LogP contribution in [0.2, 0.25) is 0 Å². The molecule has 0 atom stereocenters. The third kappa shape index (κ3) is 1.61. The zero-order valence-electron chi connectivity index (χ0n) is 7.54. The SMILES string of the molecule is CCCc1c(O)c(N)cc(N)c1O. The van der Waals surface area contributed by atoms with Crippen LogP contribution in [0.15, 0.2) is 6.07 Å². The lowest BCUT2D eigenvalue weighted by Crippen LogP contribution is -1.96. The van der Waals surface area contributed by atoms with Gasteiger partial charge in [-0.25, -0.2) is 0 Å². The molecule has 6 N–H and O–H groups in total. The number of hydrogen-bond acceptors (Lipinski definition) is 4. The summed E-state index contributed by atoms with van der Waals surface area (Å²) in [5.74, 6) is -0.123. The van der Waals surface area contributed by atoms with E-state index in [1.54, 1.807) is 0 Å². The molecule has 0 unspecified atom stereocenters. The van der Waals surface area contributed by atoms with Gasteiger partial charge in [0.15, 0.2) is 0 Å². The molecule has 0 saturated heterocycles. The smallest absolute Gasteiger partial charge is 0.145 e. The van der Waals surface area contributed by atoms with Crippen molar-refractivity contribution < 1.29 is 10.2 Å². The fourth-order valence-corrected chi connectivity index (χ4v) is 1.25. The van der Waals surface area contributed by atoms with Crippen LogP contribution in [0.25, 0.3) is 0 Å². The number of phenols is 2. The summed E-state index contributed by atoms with van der Waals surface area (Å²) in [6.07, 6.45) is 1.37. The minimum Gasteiger partial charge on any atom is -0.505 e. The number of nitrogens with two attached hydrogens (primary N) is 2. The van der Waals surface area contributed by atoms with Gasteiger partial charge in [0.2, 0.25) is 0 Å². The van der Waals surface area contributed by atoms with Gasteiger partial charge in [-0.2, -0.15) is 0 Å². The number of hydrogen-bond donors (Lipinski definition) is 4. The average Bonchev–Trinajstić information content (AvgIpc) is 2.09. The van der Waals surface area contributed by atoms with Gasteiger partial charge in [0, 0.05) is 5.56 Å². The normalized spacial score (nSPS) is 10.2. The molecule has 0 saturated carbocycles. The van der Waals surface area contributed by atoms with E-state index in [0.717, 1.165) is 6.42 Å². The highest BCUT2D eigenvalue weighted by Gasteiger charge is 2.12. The van der Waals surface area contributed by atoms with Crippen LogP contribution in [0.4, 0.5) is 11.4 Å². The van der Waals surface area contributed by atoms with Crippen molar-refractivity contribution in [2.75, 3.05) is 11.5 Å². The molecule has 1 aromatic carbocycles. The maximum Gasteiger partial charge on any atom is 0.145 e. The van der Waals surface area contributed by atoms with E-state index in [1.165, 1.54) is 6.07 Å². The molecule has 4 heteroatoms. The Morgan fingerprint density at radius 3 is 2.00 bits per heavy atom. The number of phenolic OH excluding ortho intramolecular Hbond substituents is 2. The summed E-state index contributed by atoms with van der Waals surface area (Å²) in [5, 5.41) is 19.0.